The number of hydrogen-bond donors (Lipinski definition) is 2. The lowest BCUT2D eigenvalue weighted by atomic mass is 9.78. The van der Waals surface area contributed by atoms with E-state index in [0.29, 0.717) is 11.3 Å². The Hall–Kier alpha value is -3.24. The van der Waals surface area contributed by atoms with Crippen molar-refractivity contribution in [2.45, 2.75) is 50.6 Å². The molecule has 0 atom stereocenters. The Morgan fingerprint density at radius 2 is 1.79 bits per heavy atom. The highest BCUT2D eigenvalue weighted by molar-refractivity contribution is 6.31. The van der Waals surface area contributed by atoms with Crippen LogP contribution in [-0.4, -0.2) is 36.0 Å². The Morgan fingerprint density at radius 1 is 1.08 bits per heavy atom. The zero-order valence-corrected chi connectivity index (χ0v) is 23.2. The predicted molar refractivity (Wildman–Crippen MR) is 154 cm³/mol. The predicted octanol–water partition coefficient (Wildman–Crippen LogP) is 6.73. The molecular formula is C32H34ClFN4O. The molecule has 2 fully saturated rings. The summed E-state index contributed by atoms with van der Waals surface area (Å²) in [6, 6.07) is 22.5. The first-order chi connectivity index (χ1) is 18.7. The van der Waals surface area contributed by atoms with Gasteiger partial charge in [-0.25, -0.2) is 4.39 Å². The Bertz CT molecular complexity index is 1390. The molecule has 0 radical (unpaired) electrons. The van der Waals surface area contributed by atoms with Gasteiger partial charge in [-0.2, -0.15) is 5.26 Å². The third-order valence-corrected chi connectivity index (χ3v) is 8.27. The summed E-state index contributed by atoms with van der Waals surface area (Å²) in [5.41, 5.74) is 2.96. The van der Waals surface area contributed by atoms with Crippen LogP contribution in [0.4, 0.5) is 10.1 Å². The summed E-state index contributed by atoms with van der Waals surface area (Å²) in [5.74, 6) is 0.0975. The van der Waals surface area contributed by atoms with Crippen molar-refractivity contribution in [1.82, 2.24) is 10.2 Å². The fraction of sp³-hybridized carbons (Fsp3) is 0.375. The van der Waals surface area contributed by atoms with Gasteiger partial charge in [-0.3, -0.25) is 10.1 Å². The monoisotopic (exact) mass is 544 g/mol. The summed E-state index contributed by atoms with van der Waals surface area (Å²) >= 11 is 5.93. The molecule has 1 aliphatic carbocycles. The summed E-state index contributed by atoms with van der Waals surface area (Å²) in [7, 11) is 0. The topological polar surface area (TPSA) is 68.2 Å². The smallest absolute Gasteiger partial charge is 0.244 e. The van der Waals surface area contributed by atoms with E-state index < -0.39 is 16.9 Å². The van der Waals surface area contributed by atoms with Gasteiger partial charge in [-0.05, 0) is 92.5 Å². The summed E-state index contributed by atoms with van der Waals surface area (Å²) in [4.78, 5) is 16.0. The fourth-order valence-electron chi connectivity index (χ4n) is 5.53. The number of rotatable bonds is 8. The molecule has 0 spiro atoms. The third kappa shape index (κ3) is 6.33. The van der Waals surface area contributed by atoms with E-state index in [9.17, 15) is 14.4 Å². The second kappa shape index (κ2) is 11.1. The van der Waals surface area contributed by atoms with Crippen molar-refractivity contribution in [3.63, 3.8) is 0 Å². The van der Waals surface area contributed by atoms with Crippen molar-refractivity contribution < 1.29 is 9.18 Å². The fourth-order valence-corrected chi connectivity index (χ4v) is 5.72. The van der Waals surface area contributed by atoms with Crippen molar-refractivity contribution in [3.05, 3.63) is 88.7 Å². The largest absolute Gasteiger partial charge is 0.324 e. The third-order valence-electron chi connectivity index (χ3n) is 7.98. The number of halogens is 2. The number of likely N-dealkylation sites (tertiary alicyclic amines) is 1. The molecule has 2 N–H and O–H groups in total. The zero-order chi connectivity index (χ0) is 27.6. The first-order valence-corrected chi connectivity index (χ1v) is 13.9. The Morgan fingerprint density at radius 3 is 2.44 bits per heavy atom. The first kappa shape index (κ1) is 27.3. The van der Waals surface area contributed by atoms with Crippen LogP contribution in [0.15, 0.2) is 66.7 Å². The lowest BCUT2D eigenvalue weighted by Gasteiger charge is -2.47. The van der Waals surface area contributed by atoms with E-state index in [1.165, 1.54) is 31.0 Å². The van der Waals surface area contributed by atoms with Gasteiger partial charge in [0.1, 0.15) is 5.82 Å². The van der Waals surface area contributed by atoms with Gasteiger partial charge in [0.05, 0.1) is 22.2 Å². The number of anilines is 1. The van der Waals surface area contributed by atoms with Gasteiger partial charge in [-0.15, -0.1) is 0 Å². The number of carbonyl (C=O) groups is 1. The number of nitrogens with zero attached hydrogens (tertiary/aromatic N) is 2. The van der Waals surface area contributed by atoms with Crippen LogP contribution >= 0.6 is 11.6 Å². The molecule has 1 saturated heterocycles. The molecule has 7 heteroatoms. The van der Waals surface area contributed by atoms with Crippen molar-refractivity contribution >= 4 is 23.2 Å². The summed E-state index contributed by atoms with van der Waals surface area (Å²) < 4.78 is 13.6. The van der Waals surface area contributed by atoms with Gasteiger partial charge in [-0.1, -0.05) is 48.0 Å². The van der Waals surface area contributed by atoms with Crippen molar-refractivity contribution in [1.29, 1.82) is 5.26 Å². The van der Waals surface area contributed by atoms with Gasteiger partial charge < -0.3 is 10.2 Å². The van der Waals surface area contributed by atoms with Crippen molar-refractivity contribution in [2.75, 3.05) is 25.0 Å². The second-order valence-electron chi connectivity index (χ2n) is 11.4. The molecule has 1 amide bonds. The minimum absolute atomic E-state index is 0.0292. The van der Waals surface area contributed by atoms with Crippen LogP contribution in [0.25, 0.3) is 11.1 Å². The van der Waals surface area contributed by atoms with Crippen LogP contribution in [0.3, 0.4) is 0 Å². The Balaban J connectivity index is 1.39. The minimum atomic E-state index is -0.917. The van der Waals surface area contributed by atoms with Crippen molar-refractivity contribution in [3.8, 4) is 17.2 Å². The zero-order valence-electron chi connectivity index (χ0n) is 22.4. The summed E-state index contributed by atoms with van der Waals surface area (Å²) in [6.07, 6.45) is 4.41. The van der Waals surface area contributed by atoms with E-state index in [0.717, 1.165) is 55.1 Å². The molecule has 3 aromatic rings. The highest BCUT2D eigenvalue weighted by Gasteiger charge is 2.43. The molecule has 2 aliphatic rings. The molecular weight excluding hydrogens is 511 g/mol. The van der Waals surface area contributed by atoms with Crippen LogP contribution in [-0.2, 0) is 10.3 Å². The molecule has 39 heavy (non-hydrogen) atoms. The first-order valence-electron chi connectivity index (χ1n) is 13.6. The molecule has 1 heterocycles. The lowest BCUT2D eigenvalue weighted by Crippen LogP contribution is -2.61. The van der Waals surface area contributed by atoms with E-state index in [2.05, 4.69) is 45.9 Å². The van der Waals surface area contributed by atoms with Gasteiger partial charge in [0.15, 0.2) is 0 Å². The van der Waals surface area contributed by atoms with Crippen LogP contribution in [0.5, 0.6) is 0 Å². The van der Waals surface area contributed by atoms with E-state index in [1.807, 2.05) is 32.0 Å². The van der Waals surface area contributed by atoms with Gasteiger partial charge in [0, 0.05) is 30.9 Å². The maximum absolute atomic E-state index is 13.6. The van der Waals surface area contributed by atoms with Crippen LogP contribution in [0, 0.1) is 23.1 Å². The standard InChI is InChI=1S/C32H34ClFN4O/c1-31(2,30(39)36-27-12-13-29(34)28(33)19-27)37-32(14-16-38(17-15-32)21-22-6-7-22)26-10-8-24(9-11-26)25-5-3-4-23(18-25)20-35/h3-5,8-13,18-19,22,37H,6-7,14-17,21H2,1-2H3,(H,36,39). The average Bonchev–Trinajstić information content (AvgIpc) is 3.76. The van der Waals surface area contributed by atoms with E-state index in [1.54, 1.807) is 6.07 Å². The van der Waals surface area contributed by atoms with Crippen molar-refractivity contribution in [2.24, 2.45) is 5.92 Å². The van der Waals surface area contributed by atoms with E-state index in [-0.39, 0.29) is 10.9 Å². The number of piperidine rings is 1. The molecule has 0 bridgehead atoms. The molecule has 0 aromatic heterocycles. The molecule has 0 unspecified atom stereocenters. The van der Waals surface area contributed by atoms with Crippen LogP contribution < -0.4 is 10.6 Å². The number of hydrogen-bond acceptors (Lipinski definition) is 4. The molecule has 5 rings (SSSR count). The number of nitrogens with one attached hydrogen (secondary N) is 2. The van der Waals surface area contributed by atoms with E-state index >= 15 is 0 Å². The Labute approximate surface area is 235 Å². The van der Waals surface area contributed by atoms with Gasteiger partial charge in [0.2, 0.25) is 5.91 Å². The molecule has 1 saturated carbocycles. The maximum atomic E-state index is 13.6. The number of nitriles is 1. The molecule has 5 nitrogen and oxygen atoms in total. The SMILES string of the molecule is CC(C)(NC1(c2ccc(-c3cccc(C#N)c3)cc2)CCN(CC2CC2)CC1)C(=O)Nc1ccc(F)c(Cl)c1. The minimum Gasteiger partial charge on any atom is -0.324 e. The summed E-state index contributed by atoms with van der Waals surface area (Å²) in [5, 5.41) is 15.9. The van der Waals surface area contributed by atoms with Gasteiger partial charge in [0.25, 0.3) is 0 Å². The lowest BCUT2D eigenvalue weighted by molar-refractivity contribution is -0.122. The Kier molecular flexibility index (Phi) is 7.77. The average molecular weight is 545 g/mol. The number of benzene rings is 3. The molecule has 1 aliphatic heterocycles. The highest BCUT2D eigenvalue weighted by atomic mass is 35.5. The second-order valence-corrected chi connectivity index (χ2v) is 11.8. The van der Waals surface area contributed by atoms with Gasteiger partial charge >= 0.3 is 0 Å². The maximum Gasteiger partial charge on any atom is 0.244 e. The number of amides is 1. The highest BCUT2D eigenvalue weighted by Crippen LogP contribution is 2.38. The van der Waals surface area contributed by atoms with Crippen LogP contribution in [0.2, 0.25) is 5.02 Å². The number of carbonyl (C=O) groups excluding carboxylic acids is 1. The summed E-state index contributed by atoms with van der Waals surface area (Å²) in [6.45, 7) is 6.84. The normalized spacial score (nSPS) is 17.4. The van der Waals surface area contributed by atoms with E-state index in [4.69, 9.17) is 11.6 Å². The molecule has 3 aromatic carbocycles. The van der Waals surface area contributed by atoms with Crippen LogP contribution in [0.1, 0.15) is 50.7 Å². The molecule has 202 valence electrons. The quantitative estimate of drug-likeness (QED) is 0.330.